The number of H-pyrrole nitrogens is 1. The molecule has 2 aliphatic heterocycles. The van der Waals surface area contributed by atoms with Crippen LogP contribution in [-0.4, -0.2) is 103 Å². The number of aromatic nitrogens is 8. The van der Waals surface area contributed by atoms with Gasteiger partial charge < -0.3 is 40.8 Å². The molecule has 24 heteroatoms. The van der Waals surface area contributed by atoms with Gasteiger partial charge in [-0.2, -0.15) is 4.98 Å². The number of aliphatic hydroxyl groups excluding tert-OH is 2. The van der Waals surface area contributed by atoms with Crippen molar-refractivity contribution >= 4 is 49.7 Å². The van der Waals surface area contributed by atoms with Crippen LogP contribution in [-0.2, 0) is 32.0 Å². The molecule has 9 N–H and O–H groups in total. The molecule has 45 heavy (non-hydrogen) atoms. The number of nitrogen functional groups attached to an aromatic ring is 2. The molecule has 0 amide bonds. The van der Waals surface area contributed by atoms with Gasteiger partial charge in [-0.1, -0.05) is 0 Å². The fourth-order valence-electron chi connectivity index (χ4n) is 5.85. The van der Waals surface area contributed by atoms with Gasteiger partial charge in [0.2, 0.25) is 5.95 Å². The lowest BCUT2D eigenvalue weighted by molar-refractivity contribution is -0.0606. The summed E-state index contributed by atoms with van der Waals surface area (Å²) in [7, 11) is -9.94. The van der Waals surface area contributed by atoms with Crippen molar-refractivity contribution in [2.75, 3.05) is 24.7 Å². The Morgan fingerprint density at radius 3 is 2.36 bits per heavy atom. The molecule has 22 nitrogen and oxygen atoms in total. The highest BCUT2D eigenvalue weighted by atomic mass is 31.2. The summed E-state index contributed by atoms with van der Waals surface area (Å²) in [6, 6.07) is -0.959. The second-order valence-electron chi connectivity index (χ2n) is 10.6. The van der Waals surface area contributed by atoms with Crippen LogP contribution in [0, 0.1) is 5.92 Å². The van der Waals surface area contributed by atoms with Crippen molar-refractivity contribution in [2.24, 2.45) is 5.92 Å². The highest BCUT2D eigenvalue weighted by molar-refractivity contribution is 7.47. The van der Waals surface area contributed by atoms with Crippen molar-refractivity contribution < 1.29 is 52.0 Å². The van der Waals surface area contributed by atoms with Crippen molar-refractivity contribution in [1.29, 1.82) is 0 Å². The third-order valence-corrected chi connectivity index (χ3v) is 9.85. The van der Waals surface area contributed by atoms with E-state index in [9.17, 15) is 33.9 Å². The van der Waals surface area contributed by atoms with E-state index in [1.807, 2.05) is 0 Å². The Balaban J connectivity index is 1.17. The first-order chi connectivity index (χ1) is 21.3. The minimum atomic E-state index is -4.98. The van der Waals surface area contributed by atoms with E-state index in [1.165, 1.54) is 21.8 Å². The number of phosphoric ester groups is 2. The van der Waals surface area contributed by atoms with Gasteiger partial charge >= 0.3 is 15.6 Å². The zero-order chi connectivity index (χ0) is 31.8. The van der Waals surface area contributed by atoms with Gasteiger partial charge in [0.25, 0.3) is 5.56 Å². The Labute approximate surface area is 250 Å². The van der Waals surface area contributed by atoms with Gasteiger partial charge in [-0.15, -0.1) is 0 Å². The highest BCUT2D eigenvalue weighted by Crippen LogP contribution is 2.55. The summed E-state index contributed by atoms with van der Waals surface area (Å²) < 4.78 is 55.8. The molecule has 7 rings (SSSR count). The first kappa shape index (κ1) is 30.3. The minimum Gasteiger partial charge on any atom is -0.388 e. The number of nitrogens with one attached hydrogen (secondary N) is 1. The molecule has 10 atom stereocenters. The molecule has 6 heterocycles. The summed E-state index contributed by atoms with van der Waals surface area (Å²) in [6.45, 7) is -1.39. The van der Waals surface area contributed by atoms with Crippen LogP contribution in [0.4, 0.5) is 11.8 Å². The minimum absolute atomic E-state index is 0.0199. The van der Waals surface area contributed by atoms with Gasteiger partial charge in [0, 0.05) is 5.92 Å². The molecule has 0 aromatic carbocycles. The highest BCUT2D eigenvalue weighted by Gasteiger charge is 2.53. The van der Waals surface area contributed by atoms with E-state index in [2.05, 4.69) is 29.9 Å². The number of rotatable bonds is 2. The number of imidazole rings is 2. The molecule has 0 radical (unpaired) electrons. The SMILES string of the molecule is Nc1nc2c(ncn2[C@@H]2C[C@@H]3COP(=O)(O)O[C@@H]4C(O)[C@H](n5cnc6c(N)ncnc65)O[C@@H]4COP(=O)(O)O[C@@H]3[C@@H]2O)c(=O)[nH]1. The maximum absolute atomic E-state index is 13.1. The number of nitrogens with zero attached hydrogens (tertiary/aromatic N) is 7. The van der Waals surface area contributed by atoms with Crippen LogP contribution in [0.25, 0.3) is 22.3 Å². The number of aromatic amines is 1. The number of fused-ring (bicyclic) bond motifs is 4. The number of nitrogens with two attached hydrogens (primary N) is 2. The maximum Gasteiger partial charge on any atom is 0.472 e. The zero-order valence-corrected chi connectivity index (χ0v) is 24.5. The molecule has 4 aromatic rings. The summed E-state index contributed by atoms with van der Waals surface area (Å²) in [5.74, 6) is -1.16. The van der Waals surface area contributed by atoms with E-state index in [0.29, 0.717) is 0 Å². The largest absolute Gasteiger partial charge is 0.472 e. The predicted octanol–water partition coefficient (Wildman–Crippen LogP) is -1.68. The van der Waals surface area contributed by atoms with Gasteiger partial charge in [0.1, 0.15) is 42.4 Å². The summed E-state index contributed by atoms with van der Waals surface area (Å²) in [5, 5.41) is 22.4. The monoisotopic (exact) mass is 672 g/mol. The molecule has 4 aromatic heterocycles. The van der Waals surface area contributed by atoms with E-state index < -0.39 is 83.1 Å². The van der Waals surface area contributed by atoms with Gasteiger partial charge in [-0.25, -0.2) is 29.1 Å². The molecule has 0 spiro atoms. The van der Waals surface area contributed by atoms with Crippen LogP contribution in [0.3, 0.4) is 0 Å². The average molecular weight is 672 g/mol. The second kappa shape index (κ2) is 10.9. The molecule has 0 bridgehead atoms. The van der Waals surface area contributed by atoms with Gasteiger partial charge in [-0.3, -0.25) is 32.4 Å². The van der Waals surface area contributed by atoms with E-state index in [0.717, 1.165) is 6.33 Å². The number of ether oxygens (including phenoxy) is 1. The van der Waals surface area contributed by atoms with Crippen LogP contribution in [0.1, 0.15) is 18.7 Å². The lowest BCUT2D eigenvalue weighted by atomic mass is 10.1. The Kier molecular flexibility index (Phi) is 7.30. The summed E-state index contributed by atoms with van der Waals surface area (Å²) in [6.07, 6.45) is -5.49. The fraction of sp³-hybridized carbons (Fsp3) is 0.524. The summed E-state index contributed by atoms with van der Waals surface area (Å²) in [5.41, 5.74) is 11.2. The molecule has 242 valence electrons. The maximum atomic E-state index is 13.1. The summed E-state index contributed by atoms with van der Waals surface area (Å²) >= 11 is 0. The van der Waals surface area contributed by atoms with Crippen LogP contribution in [0.2, 0.25) is 0 Å². The van der Waals surface area contributed by atoms with Gasteiger partial charge in [0.15, 0.2) is 28.9 Å². The standard InChI is InChI=1S/C21H26N10O12P2/c22-16-10-17(25-4-24-16)31(6-26-10)20-13(33)15-9(41-20)3-40-45(37,38)42-14-7(2-39-44(35,36)43-15)1-8(12(14)32)30-5-27-11-18(30)28-21(23)29-19(11)34/h4-9,12-15,20,32-33H,1-3H2,(H,35,36)(H,37,38)(H2,22,24,25)(H3,23,28,29,34)/t7-,8-,9-,12-,13?,14+,15+,20-/m1/s1. The zero-order valence-electron chi connectivity index (χ0n) is 22.7. The molecular formula is C21H26N10O12P2. The quantitative estimate of drug-likeness (QED) is 0.117. The number of phosphoric acid groups is 2. The number of hydrogen-bond acceptors (Lipinski definition) is 17. The van der Waals surface area contributed by atoms with Crippen LogP contribution < -0.4 is 17.0 Å². The van der Waals surface area contributed by atoms with Crippen molar-refractivity contribution in [3.63, 3.8) is 0 Å². The molecular weight excluding hydrogens is 646 g/mol. The van der Waals surface area contributed by atoms with Crippen molar-refractivity contribution in [2.45, 2.75) is 49.2 Å². The summed E-state index contributed by atoms with van der Waals surface area (Å²) in [4.78, 5) is 56.0. The molecule has 1 saturated carbocycles. The molecule has 1 aliphatic carbocycles. The van der Waals surface area contributed by atoms with E-state index in [-0.39, 0.29) is 40.5 Å². The molecule has 3 aliphatic rings. The van der Waals surface area contributed by atoms with Gasteiger partial charge in [0.05, 0.1) is 31.9 Å². The van der Waals surface area contributed by atoms with E-state index in [1.54, 1.807) is 0 Å². The third-order valence-electron chi connectivity index (χ3n) is 7.88. The smallest absolute Gasteiger partial charge is 0.388 e. The van der Waals surface area contributed by atoms with E-state index in [4.69, 9.17) is 34.3 Å². The average Bonchev–Trinajstić information content (AvgIpc) is 3.72. The first-order valence-corrected chi connectivity index (χ1v) is 16.3. The van der Waals surface area contributed by atoms with Crippen molar-refractivity contribution in [3.05, 3.63) is 29.3 Å². The normalized spacial score (nSPS) is 37.7. The molecule has 3 fully saturated rings. The Bertz CT molecular complexity index is 1940. The van der Waals surface area contributed by atoms with Crippen LogP contribution >= 0.6 is 15.6 Å². The first-order valence-electron chi connectivity index (χ1n) is 13.3. The Hall–Kier alpha value is -3.40. The second-order valence-corrected chi connectivity index (χ2v) is 13.4. The van der Waals surface area contributed by atoms with Crippen molar-refractivity contribution in [3.8, 4) is 0 Å². The lowest BCUT2D eigenvalue weighted by Crippen LogP contribution is -2.37. The predicted molar refractivity (Wildman–Crippen MR) is 147 cm³/mol. The fourth-order valence-corrected chi connectivity index (χ4v) is 7.86. The Morgan fingerprint density at radius 1 is 0.889 bits per heavy atom. The van der Waals surface area contributed by atoms with Crippen molar-refractivity contribution in [1.82, 2.24) is 39.0 Å². The Morgan fingerprint density at radius 2 is 1.58 bits per heavy atom. The number of anilines is 2. The third kappa shape index (κ3) is 5.32. The van der Waals surface area contributed by atoms with Gasteiger partial charge in [-0.05, 0) is 6.42 Å². The molecule has 3 unspecified atom stereocenters. The van der Waals surface area contributed by atoms with E-state index >= 15 is 0 Å². The molecule has 2 saturated heterocycles. The lowest BCUT2D eigenvalue weighted by Gasteiger charge is -2.28. The topological polar surface area (TPSA) is 320 Å². The van der Waals surface area contributed by atoms with Crippen LogP contribution in [0.5, 0.6) is 0 Å². The van der Waals surface area contributed by atoms with Crippen LogP contribution in [0.15, 0.2) is 23.8 Å². The number of aliphatic hydroxyl groups is 2. The number of hydrogen-bond donors (Lipinski definition) is 7.